The van der Waals surface area contributed by atoms with Crippen molar-refractivity contribution in [3.63, 3.8) is 0 Å². The van der Waals surface area contributed by atoms with E-state index in [1.165, 1.54) is 23.1 Å². The number of nitro groups is 1. The molecule has 33 heavy (non-hydrogen) atoms. The van der Waals surface area contributed by atoms with Crippen molar-refractivity contribution in [2.75, 3.05) is 6.54 Å². The Hall–Kier alpha value is -3.53. The molecule has 2 aromatic carbocycles. The van der Waals surface area contributed by atoms with Crippen LogP contribution in [0.5, 0.6) is 0 Å². The normalized spacial score (nSPS) is 17.4. The molecular formula is C23H21BrN2O7. The fourth-order valence-electron chi connectivity index (χ4n) is 3.82. The van der Waals surface area contributed by atoms with Crippen molar-refractivity contribution in [3.05, 3.63) is 79.8 Å². The first kappa shape index (κ1) is 24.1. The molecule has 2 aromatic rings. The summed E-state index contributed by atoms with van der Waals surface area (Å²) in [6.45, 7) is 0.0814. The van der Waals surface area contributed by atoms with Gasteiger partial charge < -0.3 is 15.1 Å². The van der Waals surface area contributed by atoms with Crippen LogP contribution < -0.4 is 0 Å². The first-order chi connectivity index (χ1) is 15.7. The van der Waals surface area contributed by atoms with Gasteiger partial charge in [0.05, 0.1) is 22.1 Å². The number of carbonyl (C=O) groups excluding carboxylic acids is 2. The number of para-hydroxylation sites is 1. The number of carboxylic acids is 1. The van der Waals surface area contributed by atoms with Gasteiger partial charge in [0.1, 0.15) is 5.76 Å². The molecule has 0 radical (unpaired) electrons. The van der Waals surface area contributed by atoms with Crippen LogP contribution in [0.2, 0.25) is 0 Å². The molecule has 0 unspecified atom stereocenters. The highest BCUT2D eigenvalue weighted by Gasteiger charge is 2.47. The van der Waals surface area contributed by atoms with Crippen LogP contribution in [0.4, 0.5) is 5.69 Å². The highest BCUT2D eigenvalue weighted by atomic mass is 79.9. The summed E-state index contributed by atoms with van der Waals surface area (Å²) >= 11 is 3.29. The third-order valence-electron chi connectivity index (χ3n) is 5.38. The van der Waals surface area contributed by atoms with Crippen molar-refractivity contribution in [2.45, 2.75) is 31.7 Å². The number of carbonyl (C=O) groups is 3. The predicted molar refractivity (Wildman–Crippen MR) is 122 cm³/mol. The zero-order chi connectivity index (χ0) is 24.1. The zero-order valence-electron chi connectivity index (χ0n) is 17.4. The molecule has 10 heteroatoms. The number of likely N-dealkylation sites (tertiary alicyclic amines) is 1. The molecule has 0 spiro atoms. The van der Waals surface area contributed by atoms with E-state index in [0.717, 1.165) is 4.47 Å². The number of nitrogens with zero attached hydrogens (tertiary/aromatic N) is 2. The minimum Gasteiger partial charge on any atom is -0.507 e. The number of aliphatic hydroxyl groups is 1. The predicted octanol–water partition coefficient (Wildman–Crippen LogP) is 4.42. The molecule has 1 amide bonds. The molecule has 1 saturated heterocycles. The third kappa shape index (κ3) is 5.28. The summed E-state index contributed by atoms with van der Waals surface area (Å²) in [5.74, 6) is -3.14. The number of benzene rings is 2. The Balaban J connectivity index is 2.06. The summed E-state index contributed by atoms with van der Waals surface area (Å²) in [6, 6.07) is 11.1. The molecule has 0 aromatic heterocycles. The van der Waals surface area contributed by atoms with E-state index in [0.29, 0.717) is 24.8 Å². The highest BCUT2D eigenvalue weighted by molar-refractivity contribution is 9.10. The fraction of sp³-hybridized carbons (Fsp3) is 0.261. The highest BCUT2D eigenvalue weighted by Crippen LogP contribution is 2.42. The monoisotopic (exact) mass is 516 g/mol. The second-order valence-electron chi connectivity index (χ2n) is 7.52. The number of rotatable bonds is 9. The van der Waals surface area contributed by atoms with Crippen LogP contribution in [0.25, 0.3) is 5.76 Å². The Labute approximate surface area is 197 Å². The first-order valence-electron chi connectivity index (χ1n) is 10.2. The number of halogens is 1. The van der Waals surface area contributed by atoms with Gasteiger partial charge in [-0.1, -0.05) is 46.6 Å². The van der Waals surface area contributed by atoms with Crippen LogP contribution in [0, 0.1) is 10.1 Å². The number of ketones is 1. The summed E-state index contributed by atoms with van der Waals surface area (Å²) < 4.78 is 0.746. The van der Waals surface area contributed by atoms with Gasteiger partial charge >= 0.3 is 5.97 Å². The quantitative estimate of drug-likeness (QED) is 0.125. The molecule has 1 atom stereocenters. The van der Waals surface area contributed by atoms with Crippen LogP contribution >= 0.6 is 15.9 Å². The van der Waals surface area contributed by atoms with Gasteiger partial charge in [0.15, 0.2) is 0 Å². The van der Waals surface area contributed by atoms with E-state index in [1.54, 1.807) is 30.3 Å². The van der Waals surface area contributed by atoms with E-state index in [2.05, 4.69) is 15.9 Å². The van der Waals surface area contributed by atoms with E-state index >= 15 is 0 Å². The summed E-state index contributed by atoms with van der Waals surface area (Å²) in [5.41, 5.74) is -0.0868. The van der Waals surface area contributed by atoms with Gasteiger partial charge in [0.2, 0.25) is 0 Å². The van der Waals surface area contributed by atoms with Gasteiger partial charge in [-0.05, 0) is 31.0 Å². The van der Waals surface area contributed by atoms with Gasteiger partial charge in [-0.25, -0.2) is 0 Å². The maximum absolute atomic E-state index is 13.0. The number of aliphatic hydroxyl groups excluding tert-OH is 1. The molecule has 1 aliphatic rings. The van der Waals surface area contributed by atoms with E-state index in [4.69, 9.17) is 5.11 Å². The van der Waals surface area contributed by atoms with Crippen LogP contribution in [0.3, 0.4) is 0 Å². The molecule has 1 aliphatic heterocycles. The molecule has 172 valence electrons. The Bertz CT molecular complexity index is 1130. The van der Waals surface area contributed by atoms with Crippen LogP contribution in [0.1, 0.15) is 42.9 Å². The smallest absolute Gasteiger partial charge is 0.303 e. The number of amides is 1. The summed E-state index contributed by atoms with van der Waals surface area (Å²) in [6.07, 6.45) is 1.27. The van der Waals surface area contributed by atoms with Crippen molar-refractivity contribution in [2.24, 2.45) is 0 Å². The SMILES string of the molecule is O=C(O)CCCCCN1C(=O)C(=O)C(=C(O)c2ccc(Br)cc2)[C@H]1c1ccccc1[N+](=O)[O-]. The fourth-order valence-corrected chi connectivity index (χ4v) is 4.08. The lowest BCUT2D eigenvalue weighted by molar-refractivity contribution is -0.385. The second kappa shape index (κ2) is 10.4. The Morgan fingerprint density at radius 1 is 1.03 bits per heavy atom. The lowest BCUT2D eigenvalue weighted by Crippen LogP contribution is -2.31. The maximum Gasteiger partial charge on any atom is 0.303 e. The van der Waals surface area contributed by atoms with Gasteiger partial charge in [0, 0.05) is 29.1 Å². The van der Waals surface area contributed by atoms with Crippen LogP contribution in [-0.4, -0.2) is 44.2 Å². The molecule has 0 bridgehead atoms. The Kier molecular flexibility index (Phi) is 7.59. The molecule has 1 fully saturated rings. The average molecular weight is 517 g/mol. The lowest BCUT2D eigenvalue weighted by Gasteiger charge is -2.25. The number of Topliss-reactive ketones (excluding diaryl/α,β-unsaturated/α-hetero) is 1. The number of unbranched alkanes of at least 4 members (excludes halogenated alkanes) is 2. The average Bonchev–Trinajstić information content (AvgIpc) is 3.03. The molecule has 0 aliphatic carbocycles. The number of aliphatic carboxylic acids is 1. The summed E-state index contributed by atoms with van der Waals surface area (Å²) in [4.78, 5) is 48.9. The lowest BCUT2D eigenvalue weighted by atomic mass is 9.94. The summed E-state index contributed by atoms with van der Waals surface area (Å²) in [7, 11) is 0. The molecule has 2 N–H and O–H groups in total. The van der Waals surface area contributed by atoms with Crippen molar-refractivity contribution >= 4 is 45.0 Å². The third-order valence-corrected chi connectivity index (χ3v) is 5.90. The minimum atomic E-state index is -1.14. The molecule has 3 rings (SSSR count). The maximum atomic E-state index is 13.0. The Morgan fingerprint density at radius 2 is 1.70 bits per heavy atom. The number of hydrogen-bond donors (Lipinski definition) is 2. The van der Waals surface area contributed by atoms with Crippen LogP contribution in [-0.2, 0) is 14.4 Å². The van der Waals surface area contributed by atoms with E-state index in [1.807, 2.05) is 0 Å². The van der Waals surface area contributed by atoms with Gasteiger partial charge in [-0.3, -0.25) is 24.5 Å². The molecule has 1 heterocycles. The van der Waals surface area contributed by atoms with Gasteiger partial charge in [-0.2, -0.15) is 0 Å². The van der Waals surface area contributed by atoms with Gasteiger partial charge in [0.25, 0.3) is 17.4 Å². The minimum absolute atomic E-state index is 0.0179. The Morgan fingerprint density at radius 3 is 2.33 bits per heavy atom. The van der Waals surface area contributed by atoms with Crippen molar-refractivity contribution in [1.29, 1.82) is 0 Å². The van der Waals surface area contributed by atoms with E-state index < -0.39 is 34.4 Å². The van der Waals surface area contributed by atoms with Crippen molar-refractivity contribution < 1.29 is 29.5 Å². The van der Waals surface area contributed by atoms with Gasteiger partial charge in [-0.15, -0.1) is 0 Å². The second-order valence-corrected chi connectivity index (χ2v) is 8.44. The number of hydrogen-bond acceptors (Lipinski definition) is 6. The molecular weight excluding hydrogens is 496 g/mol. The largest absolute Gasteiger partial charge is 0.507 e. The topological polar surface area (TPSA) is 138 Å². The first-order valence-corrected chi connectivity index (χ1v) is 11.0. The van der Waals surface area contributed by atoms with E-state index in [9.17, 15) is 29.6 Å². The van der Waals surface area contributed by atoms with Crippen LogP contribution in [0.15, 0.2) is 58.6 Å². The standard InChI is InChI=1S/C23H21BrN2O7/c24-15-11-9-14(10-12-15)21(29)19-20(16-6-3-4-7-17(16)26(32)33)25(23(31)22(19)30)13-5-1-2-8-18(27)28/h3-4,6-7,9-12,20,29H,1-2,5,8,13H2,(H,27,28)/t20-/m1/s1. The number of carboxylic acid groups (broad SMARTS) is 1. The molecule has 0 saturated carbocycles. The van der Waals surface area contributed by atoms with Crippen molar-refractivity contribution in [3.8, 4) is 0 Å². The summed E-state index contributed by atoms with van der Waals surface area (Å²) in [5, 5.41) is 31.4. The zero-order valence-corrected chi connectivity index (χ0v) is 19.0. The molecule has 9 nitrogen and oxygen atoms in total. The van der Waals surface area contributed by atoms with E-state index in [-0.39, 0.29) is 29.8 Å². The number of nitro benzene ring substituents is 1. The van der Waals surface area contributed by atoms with Crippen molar-refractivity contribution in [1.82, 2.24) is 4.90 Å².